The number of hydrogen-bond acceptors (Lipinski definition) is 4. The molecule has 7 heteroatoms. The average Bonchev–Trinajstić information content (AvgIpc) is 3.67. The fourth-order valence-corrected chi connectivity index (χ4v) is 3.60. The number of nitrogens with one attached hydrogen (secondary N) is 2. The first-order valence-electron chi connectivity index (χ1n) is 11.3. The van der Waals surface area contributed by atoms with E-state index in [-0.39, 0.29) is 25.0 Å². The number of carbonyl (C=O) groups excluding carboxylic acids is 2. The predicted octanol–water partition coefficient (Wildman–Crippen LogP) is 4.40. The zero-order valence-corrected chi connectivity index (χ0v) is 19.5. The van der Waals surface area contributed by atoms with Gasteiger partial charge in [-0.1, -0.05) is 60.1 Å². The molecular formula is C27H27ClN2O4. The van der Waals surface area contributed by atoms with Gasteiger partial charge in [-0.3, -0.25) is 9.59 Å². The summed E-state index contributed by atoms with van der Waals surface area (Å²) < 4.78 is 11.1. The average molecular weight is 479 g/mol. The van der Waals surface area contributed by atoms with E-state index in [9.17, 15) is 9.59 Å². The molecule has 3 aromatic carbocycles. The fourth-order valence-electron chi connectivity index (χ4n) is 3.37. The number of carbonyl (C=O) groups is 2. The molecule has 1 aliphatic carbocycles. The van der Waals surface area contributed by atoms with Crippen molar-refractivity contribution in [3.8, 4) is 22.6 Å². The number of ether oxygens (including phenoxy) is 2. The van der Waals surface area contributed by atoms with Gasteiger partial charge in [0.15, 0.2) is 13.2 Å². The minimum absolute atomic E-state index is 0.0188. The summed E-state index contributed by atoms with van der Waals surface area (Å²) in [6, 6.07) is 23.3. The van der Waals surface area contributed by atoms with Gasteiger partial charge in [-0.05, 0) is 60.2 Å². The molecule has 0 aliphatic heterocycles. The Morgan fingerprint density at radius 3 is 2.29 bits per heavy atom. The molecule has 0 aromatic heterocycles. The van der Waals surface area contributed by atoms with Crippen molar-refractivity contribution in [2.24, 2.45) is 0 Å². The second-order valence-corrected chi connectivity index (χ2v) is 8.58. The fraction of sp³-hybridized carbons (Fsp3) is 0.259. The Bertz CT molecular complexity index is 1120. The molecule has 4 rings (SSSR count). The van der Waals surface area contributed by atoms with Gasteiger partial charge in [-0.25, -0.2) is 0 Å². The largest absolute Gasteiger partial charge is 0.484 e. The quantitative estimate of drug-likeness (QED) is 0.428. The van der Waals surface area contributed by atoms with Crippen molar-refractivity contribution in [1.29, 1.82) is 0 Å². The van der Waals surface area contributed by atoms with Gasteiger partial charge in [0.1, 0.15) is 11.5 Å². The molecule has 0 heterocycles. The molecule has 1 saturated carbocycles. The molecule has 3 aromatic rings. The minimum Gasteiger partial charge on any atom is -0.484 e. The lowest BCUT2D eigenvalue weighted by Gasteiger charge is -2.11. The molecule has 34 heavy (non-hydrogen) atoms. The molecule has 0 spiro atoms. The van der Waals surface area contributed by atoms with Crippen LogP contribution in [0, 0.1) is 0 Å². The topological polar surface area (TPSA) is 76.7 Å². The van der Waals surface area contributed by atoms with Crippen LogP contribution >= 0.6 is 11.6 Å². The highest BCUT2D eigenvalue weighted by atomic mass is 35.5. The predicted molar refractivity (Wildman–Crippen MR) is 132 cm³/mol. The highest BCUT2D eigenvalue weighted by molar-refractivity contribution is 6.32. The van der Waals surface area contributed by atoms with Crippen molar-refractivity contribution >= 4 is 23.4 Å². The van der Waals surface area contributed by atoms with E-state index in [1.165, 1.54) is 0 Å². The standard InChI is InChI=1S/C27H27ClN2O4/c28-24-16-21(20-4-2-1-3-5-20)8-13-25(24)34-17-26(31)29-15-14-19-6-11-23(12-7-19)33-18-27(32)30-22-9-10-22/h1-8,11-13,16,22H,9-10,14-15,17-18H2,(H,29,31)(H,30,32). The van der Waals surface area contributed by atoms with Gasteiger partial charge in [0.25, 0.3) is 11.8 Å². The van der Waals surface area contributed by atoms with E-state index in [4.69, 9.17) is 21.1 Å². The molecule has 0 saturated heterocycles. The van der Waals surface area contributed by atoms with Crippen molar-refractivity contribution in [2.45, 2.75) is 25.3 Å². The van der Waals surface area contributed by atoms with Crippen LogP contribution in [0.2, 0.25) is 5.02 Å². The lowest BCUT2D eigenvalue weighted by molar-refractivity contribution is -0.123. The van der Waals surface area contributed by atoms with Crippen LogP contribution in [0.5, 0.6) is 11.5 Å². The van der Waals surface area contributed by atoms with Gasteiger partial charge in [0.2, 0.25) is 0 Å². The summed E-state index contributed by atoms with van der Waals surface area (Å²) in [6.45, 7) is 0.387. The van der Waals surface area contributed by atoms with Crippen LogP contribution in [-0.2, 0) is 16.0 Å². The lowest BCUT2D eigenvalue weighted by atomic mass is 10.1. The van der Waals surface area contributed by atoms with Crippen LogP contribution in [0.15, 0.2) is 72.8 Å². The second-order valence-electron chi connectivity index (χ2n) is 8.17. The van der Waals surface area contributed by atoms with E-state index in [2.05, 4.69) is 10.6 Å². The van der Waals surface area contributed by atoms with E-state index < -0.39 is 0 Å². The van der Waals surface area contributed by atoms with Crippen LogP contribution in [0.1, 0.15) is 18.4 Å². The zero-order valence-electron chi connectivity index (χ0n) is 18.8. The summed E-state index contributed by atoms with van der Waals surface area (Å²) in [6.07, 6.45) is 2.78. The SMILES string of the molecule is O=C(COc1ccc(-c2ccccc2)cc1Cl)NCCc1ccc(OCC(=O)NC2CC2)cc1. The van der Waals surface area contributed by atoms with E-state index in [0.29, 0.717) is 35.5 Å². The van der Waals surface area contributed by atoms with Crippen molar-refractivity contribution < 1.29 is 19.1 Å². The number of rotatable bonds is 11. The third kappa shape index (κ3) is 7.25. The molecule has 1 fully saturated rings. The Labute approximate surface area is 204 Å². The van der Waals surface area contributed by atoms with Gasteiger partial charge in [0, 0.05) is 12.6 Å². The Morgan fingerprint density at radius 2 is 1.59 bits per heavy atom. The number of hydrogen-bond donors (Lipinski definition) is 2. The van der Waals surface area contributed by atoms with Crippen LogP contribution in [-0.4, -0.2) is 37.6 Å². The van der Waals surface area contributed by atoms with E-state index >= 15 is 0 Å². The summed E-state index contributed by atoms with van der Waals surface area (Å²) in [5, 5.41) is 6.19. The molecule has 0 radical (unpaired) electrons. The van der Waals surface area contributed by atoms with Gasteiger partial charge < -0.3 is 20.1 Å². The molecule has 2 amide bonds. The van der Waals surface area contributed by atoms with Gasteiger partial charge in [-0.15, -0.1) is 0 Å². The summed E-state index contributed by atoms with van der Waals surface area (Å²) in [7, 11) is 0. The molecule has 176 valence electrons. The summed E-state index contributed by atoms with van der Waals surface area (Å²) in [4.78, 5) is 23.8. The Balaban J connectivity index is 1.15. The maximum absolute atomic E-state index is 12.2. The Kier molecular flexibility index (Phi) is 8.04. The van der Waals surface area contributed by atoms with E-state index in [1.807, 2.05) is 66.7 Å². The summed E-state index contributed by atoms with van der Waals surface area (Å²) in [5.74, 6) is 0.801. The Morgan fingerprint density at radius 1 is 0.853 bits per heavy atom. The minimum atomic E-state index is -0.218. The molecule has 6 nitrogen and oxygen atoms in total. The lowest BCUT2D eigenvalue weighted by Crippen LogP contribution is -2.30. The maximum Gasteiger partial charge on any atom is 0.258 e. The molecule has 2 N–H and O–H groups in total. The highest BCUT2D eigenvalue weighted by Crippen LogP contribution is 2.30. The number of amides is 2. The smallest absolute Gasteiger partial charge is 0.258 e. The molecule has 0 atom stereocenters. The molecule has 0 bridgehead atoms. The first kappa shape index (κ1) is 23.6. The van der Waals surface area contributed by atoms with Crippen LogP contribution < -0.4 is 20.1 Å². The van der Waals surface area contributed by atoms with Gasteiger partial charge in [0.05, 0.1) is 5.02 Å². The first-order chi connectivity index (χ1) is 16.6. The van der Waals surface area contributed by atoms with Crippen LogP contribution in [0.25, 0.3) is 11.1 Å². The normalized spacial score (nSPS) is 12.6. The summed E-state index contributed by atoms with van der Waals surface area (Å²) in [5.41, 5.74) is 3.10. The summed E-state index contributed by atoms with van der Waals surface area (Å²) >= 11 is 6.34. The number of halogens is 1. The molecular weight excluding hydrogens is 452 g/mol. The molecule has 0 unspecified atom stereocenters. The Hall–Kier alpha value is -3.51. The van der Waals surface area contributed by atoms with Crippen molar-refractivity contribution in [2.75, 3.05) is 19.8 Å². The van der Waals surface area contributed by atoms with E-state index in [1.54, 1.807) is 6.07 Å². The third-order valence-electron chi connectivity index (χ3n) is 5.37. The van der Waals surface area contributed by atoms with Gasteiger partial charge >= 0.3 is 0 Å². The second kappa shape index (κ2) is 11.6. The van der Waals surface area contributed by atoms with Crippen molar-refractivity contribution in [3.63, 3.8) is 0 Å². The number of benzene rings is 3. The van der Waals surface area contributed by atoms with Crippen molar-refractivity contribution in [1.82, 2.24) is 10.6 Å². The highest BCUT2D eigenvalue weighted by Gasteiger charge is 2.23. The van der Waals surface area contributed by atoms with Crippen LogP contribution in [0.4, 0.5) is 0 Å². The molecule has 1 aliphatic rings. The van der Waals surface area contributed by atoms with Crippen molar-refractivity contribution in [3.05, 3.63) is 83.4 Å². The third-order valence-corrected chi connectivity index (χ3v) is 5.66. The monoisotopic (exact) mass is 478 g/mol. The van der Waals surface area contributed by atoms with Gasteiger partial charge in [-0.2, -0.15) is 0 Å². The van der Waals surface area contributed by atoms with Crippen LogP contribution in [0.3, 0.4) is 0 Å². The first-order valence-corrected chi connectivity index (χ1v) is 11.7. The van der Waals surface area contributed by atoms with E-state index in [0.717, 1.165) is 29.5 Å². The zero-order chi connectivity index (χ0) is 23.8. The maximum atomic E-state index is 12.2.